The minimum Gasteiger partial charge on any atom is -0.340 e. The van der Waals surface area contributed by atoms with Gasteiger partial charge in [0, 0.05) is 33.2 Å². The number of carbonyl (C=O) groups excluding carboxylic acids is 2. The van der Waals surface area contributed by atoms with E-state index in [1.165, 1.54) is 5.56 Å². The number of nitrogens with one attached hydrogen (secondary N) is 2. The summed E-state index contributed by atoms with van der Waals surface area (Å²) >= 11 is 3.46. The first-order chi connectivity index (χ1) is 12.5. The molecule has 1 saturated heterocycles. The summed E-state index contributed by atoms with van der Waals surface area (Å²) in [7, 11) is 0. The van der Waals surface area contributed by atoms with E-state index in [9.17, 15) is 9.59 Å². The van der Waals surface area contributed by atoms with Crippen LogP contribution in [0.4, 0.5) is 4.79 Å². The summed E-state index contributed by atoms with van der Waals surface area (Å²) in [5, 5.41) is 5.84. The first kappa shape index (κ1) is 16.6. The number of urea groups is 1. The lowest BCUT2D eigenvalue weighted by Crippen LogP contribution is -2.22. The number of amides is 3. The zero-order valence-corrected chi connectivity index (χ0v) is 15.6. The SMILES string of the molecule is Cc1c(/C=C2/NC(=O)NC2=O)c2ccccc2n1Cc1ccc(Br)cc1. The van der Waals surface area contributed by atoms with Gasteiger partial charge >= 0.3 is 6.03 Å². The summed E-state index contributed by atoms with van der Waals surface area (Å²) in [6.45, 7) is 2.75. The highest BCUT2D eigenvalue weighted by molar-refractivity contribution is 9.10. The summed E-state index contributed by atoms with van der Waals surface area (Å²) in [4.78, 5) is 23.3. The molecule has 130 valence electrons. The van der Waals surface area contributed by atoms with E-state index in [-0.39, 0.29) is 5.70 Å². The largest absolute Gasteiger partial charge is 0.340 e. The second kappa shape index (κ2) is 6.46. The summed E-state index contributed by atoms with van der Waals surface area (Å²) in [5.74, 6) is -0.404. The van der Waals surface area contributed by atoms with Crippen molar-refractivity contribution in [1.82, 2.24) is 15.2 Å². The standard InChI is InChI=1S/C20H16BrN3O2/c1-12-16(10-17-19(25)23-20(26)22-17)15-4-2-3-5-18(15)24(12)11-13-6-8-14(21)9-7-13/h2-10H,11H2,1H3,(H2,22,23,25,26)/b17-10+. The molecule has 4 rings (SSSR count). The van der Waals surface area contributed by atoms with Crippen LogP contribution in [0.2, 0.25) is 0 Å². The van der Waals surface area contributed by atoms with Crippen molar-refractivity contribution in [2.24, 2.45) is 0 Å². The molecule has 1 aliphatic rings. The maximum atomic E-state index is 11.9. The van der Waals surface area contributed by atoms with Gasteiger partial charge < -0.3 is 9.88 Å². The second-order valence-corrected chi connectivity index (χ2v) is 7.11. The Labute approximate surface area is 158 Å². The van der Waals surface area contributed by atoms with Crippen LogP contribution in [0.3, 0.4) is 0 Å². The van der Waals surface area contributed by atoms with E-state index in [4.69, 9.17) is 0 Å². The van der Waals surface area contributed by atoms with Gasteiger partial charge in [-0.05, 0) is 36.8 Å². The number of benzene rings is 2. The Morgan fingerprint density at radius 2 is 1.77 bits per heavy atom. The predicted molar refractivity (Wildman–Crippen MR) is 105 cm³/mol. The summed E-state index contributed by atoms with van der Waals surface area (Å²) < 4.78 is 3.27. The molecule has 2 N–H and O–H groups in total. The topological polar surface area (TPSA) is 63.1 Å². The van der Waals surface area contributed by atoms with Gasteiger partial charge in [0.25, 0.3) is 5.91 Å². The first-order valence-electron chi connectivity index (χ1n) is 8.19. The smallest absolute Gasteiger partial charge is 0.326 e. The normalized spacial score (nSPS) is 15.5. The fourth-order valence-corrected chi connectivity index (χ4v) is 3.51. The first-order valence-corrected chi connectivity index (χ1v) is 8.98. The molecule has 0 bridgehead atoms. The zero-order valence-electron chi connectivity index (χ0n) is 14.0. The Balaban J connectivity index is 1.83. The number of hydrogen-bond acceptors (Lipinski definition) is 2. The minimum atomic E-state index is -0.488. The predicted octanol–water partition coefficient (Wildman–Crippen LogP) is 3.94. The molecule has 5 nitrogen and oxygen atoms in total. The Kier molecular flexibility index (Phi) is 4.12. The number of nitrogens with zero attached hydrogens (tertiary/aromatic N) is 1. The van der Waals surface area contributed by atoms with Crippen LogP contribution >= 0.6 is 15.9 Å². The third-order valence-electron chi connectivity index (χ3n) is 4.54. The van der Waals surface area contributed by atoms with Crippen molar-refractivity contribution in [2.75, 3.05) is 0 Å². The van der Waals surface area contributed by atoms with Gasteiger partial charge in [-0.15, -0.1) is 0 Å². The fourth-order valence-electron chi connectivity index (χ4n) is 3.24. The molecule has 3 aromatic rings. The molecular weight excluding hydrogens is 394 g/mol. The number of fused-ring (bicyclic) bond motifs is 1. The number of para-hydroxylation sites is 1. The van der Waals surface area contributed by atoms with Crippen molar-refractivity contribution in [3.05, 3.63) is 75.5 Å². The van der Waals surface area contributed by atoms with Gasteiger partial charge in [0.1, 0.15) is 5.70 Å². The molecule has 1 aliphatic heterocycles. The number of hydrogen-bond donors (Lipinski definition) is 2. The Morgan fingerprint density at radius 1 is 1.04 bits per heavy atom. The molecule has 1 fully saturated rings. The zero-order chi connectivity index (χ0) is 18.3. The van der Waals surface area contributed by atoms with E-state index >= 15 is 0 Å². The molecule has 0 unspecified atom stereocenters. The van der Waals surface area contributed by atoms with E-state index in [0.717, 1.165) is 33.2 Å². The highest BCUT2D eigenvalue weighted by Gasteiger charge is 2.24. The Morgan fingerprint density at radius 3 is 2.46 bits per heavy atom. The van der Waals surface area contributed by atoms with Crippen molar-refractivity contribution in [3.8, 4) is 0 Å². The maximum absolute atomic E-state index is 11.9. The molecule has 0 saturated carbocycles. The molecule has 1 aromatic heterocycles. The molecule has 2 heterocycles. The van der Waals surface area contributed by atoms with Crippen molar-refractivity contribution >= 4 is 44.8 Å². The van der Waals surface area contributed by atoms with E-state index < -0.39 is 11.9 Å². The lowest BCUT2D eigenvalue weighted by molar-refractivity contribution is -0.115. The lowest BCUT2D eigenvalue weighted by atomic mass is 10.1. The second-order valence-electron chi connectivity index (χ2n) is 6.20. The molecule has 0 aliphatic carbocycles. The number of imide groups is 1. The molecule has 0 atom stereocenters. The summed E-state index contributed by atoms with van der Waals surface area (Å²) in [6, 6.07) is 15.8. The molecule has 0 radical (unpaired) electrons. The van der Waals surface area contributed by atoms with E-state index in [1.54, 1.807) is 6.08 Å². The molecule has 3 amide bonds. The molecule has 2 aromatic carbocycles. The van der Waals surface area contributed by atoms with Crippen LogP contribution in [-0.2, 0) is 11.3 Å². The quantitative estimate of drug-likeness (QED) is 0.508. The van der Waals surface area contributed by atoms with Crippen molar-refractivity contribution in [3.63, 3.8) is 0 Å². The van der Waals surface area contributed by atoms with Crippen LogP contribution in [-0.4, -0.2) is 16.5 Å². The third-order valence-corrected chi connectivity index (χ3v) is 5.07. The van der Waals surface area contributed by atoms with Gasteiger partial charge in [0.2, 0.25) is 0 Å². The molecule has 6 heteroatoms. The average Bonchev–Trinajstić information content (AvgIpc) is 3.08. The van der Waals surface area contributed by atoms with Gasteiger partial charge in [-0.3, -0.25) is 10.1 Å². The van der Waals surface area contributed by atoms with E-state index in [2.05, 4.69) is 49.3 Å². The summed E-state index contributed by atoms with van der Waals surface area (Å²) in [5.41, 5.74) is 4.51. The van der Waals surface area contributed by atoms with Crippen LogP contribution in [0, 0.1) is 6.92 Å². The highest BCUT2D eigenvalue weighted by Crippen LogP contribution is 2.29. The summed E-state index contributed by atoms with van der Waals surface area (Å²) in [6.07, 6.45) is 1.75. The van der Waals surface area contributed by atoms with Crippen molar-refractivity contribution in [1.29, 1.82) is 0 Å². The van der Waals surface area contributed by atoms with Gasteiger partial charge in [-0.2, -0.15) is 0 Å². The number of halogens is 1. The van der Waals surface area contributed by atoms with E-state index in [1.807, 2.05) is 37.3 Å². The van der Waals surface area contributed by atoms with Crippen molar-refractivity contribution < 1.29 is 9.59 Å². The van der Waals surface area contributed by atoms with Crippen LogP contribution in [0.15, 0.2) is 58.7 Å². The maximum Gasteiger partial charge on any atom is 0.326 e. The molecule has 0 spiro atoms. The van der Waals surface area contributed by atoms with Gasteiger partial charge in [0.15, 0.2) is 0 Å². The molecular formula is C20H16BrN3O2. The van der Waals surface area contributed by atoms with Crippen LogP contribution in [0.5, 0.6) is 0 Å². The lowest BCUT2D eigenvalue weighted by Gasteiger charge is -2.09. The van der Waals surface area contributed by atoms with Crippen LogP contribution < -0.4 is 10.6 Å². The highest BCUT2D eigenvalue weighted by atomic mass is 79.9. The van der Waals surface area contributed by atoms with Gasteiger partial charge in [-0.25, -0.2) is 4.79 Å². The monoisotopic (exact) mass is 409 g/mol. The third kappa shape index (κ3) is 2.93. The van der Waals surface area contributed by atoms with Gasteiger partial charge in [-0.1, -0.05) is 46.3 Å². The Bertz CT molecular complexity index is 1060. The van der Waals surface area contributed by atoms with Crippen LogP contribution in [0.25, 0.3) is 17.0 Å². The fraction of sp³-hybridized carbons (Fsp3) is 0.100. The van der Waals surface area contributed by atoms with Crippen molar-refractivity contribution in [2.45, 2.75) is 13.5 Å². The molecule has 26 heavy (non-hydrogen) atoms. The minimum absolute atomic E-state index is 0.268. The Hall–Kier alpha value is -2.86. The average molecular weight is 410 g/mol. The van der Waals surface area contributed by atoms with Crippen LogP contribution in [0.1, 0.15) is 16.8 Å². The van der Waals surface area contributed by atoms with Gasteiger partial charge in [0.05, 0.1) is 0 Å². The number of rotatable bonds is 3. The van der Waals surface area contributed by atoms with E-state index in [0.29, 0.717) is 0 Å². The number of aromatic nitrogens is 1. The number of carbonyl (C=O) groups is 2.